The zero-order chi connectivity index (χ0) is 23.5. The quantitative estimate of drug-likeness (QED) is 0.428. The summed E-state index contributed by atoms with van der Waals surface area (Å²) in [6.07, 6.45) is 1.46. The van der Waals surface area contributed by atoms with Crippen LogP contribution in [0.5, 0.6) is 5.75 Å². The SMILES string of the molecule is COc1ccc(-c2nn(-c3ccccc3)cc2C(=O)N2CCOC(c3ccc(F)cc3)C2)cc1. The lowest BCUT2D eigenvalue weighted by molar-refractivity contribution is -0.0228. The highest BCUT2D eigenvalue weighted by atomic mass is 19.1. The van der Waals surface area contributed by atoms with Gasteiger partial charge in [-0.15, -0.1) is 0 Å². The van der Waals surface area contributed by atoms with Crippen LogP contribution in [0.15, 0.2) is 85.1 Å². The third-order valence-corrected chi connectivity index (χ3v) is 5.92. The van der Waals surface area contributed by atoms with Gasteiger partial charge in [0.1, 0.15) is 23.4 Å². The number of hydrogen-bond acceptors (Lipinski definition) is 4. The first-order valence-electron chi connectivity index (χ1n) is 11.1. The minimum atomic E-state index is -0.313. The normalized spacial score (nSPS) is 15.8. The number of rotatable bonds is 5. The Morgan fingerprint density at radius 1 is 1.03 bits per heavy atom. The van der Waals surface area contributed by atoms with Gasteiger partial charge in [-0.1, -0.05) is 30.3 Å². The predicted molar refractivity (Wildman–Crippen MR) is 127 cm³/mol. The summed E-state index contributed by atoms with van der Waals surface area (Å²) >= 11 is 0. The number of carbonyl (C=O) groups is 1. The lowest BCUT2D eigenvalue weighted by Crippen LogP contribution is -2.42. The van der Waals surface area contributed by atoms with Crippen molar-refractivity contribution >= 4 is 5.91 Å². The molecule has 1 saturated heterocycles. The van der Waals surface area contributed by atoms with Crippen molar-refractivity contribution in [3.05, 3.63) is 102 Å². The van der Waals surface area contributed by atoms with Crippen LogP contribution in [0.1, 0.15) is 22.0 Å². The van der Waals surface area contributed by atoms with Crippen molar-refractivity contribution in [3.8, 4) is 22.7 Å². The van der Waals surface area contributed by atoms with Crippen LogP contribution in [-0.4, -0.2) is 47.4 Å². The summed E-state index contributed by atoms with van der Waals surface area (Å²) in [7, 11) is 1.62. The molecule has 0 saturated carbocycles. The maximum Gasteiger partial charge on any atom is 0.257 e. The molecule has 1 aromatic heterocycles. The van der Waals surface area contributed by atoms with Crippen molar-refractivity contribution in [1.82, 2.24) is 14.7 Å². The van der Waals surface area contributed by atoms with Gasteiger partial charge in [-0.05, 0) is 54.1 Å². The number of para-hydroxylation sites is 1. The van der Waals surface area contributed by atoms with Gasteiger partial charge in [-0.25, -0.2) is 9.07 Å². The van der Waals surface area contributed by atoms with Gasteiger partial charge in [-0.2, -0.15) is 5.10 Å². The summed E-state index contributed by atoms with van der Waals surface area (Å²) in [6.45, 7) is 1.25. The fraction of sp³-hybridized carbons (Fsp3) is 0.185. The molecule has 1 aliphatic rings. The van der Waals surface area contributed by atoms with E-state index in [2.05, 4.69) is 0 Å². The van der Waals surface area contributed by atoms with Crippen LogP contribution < -0.4 is 4.74 Å². The van der Waals surface area contributed by atoms with E-state index in [9.17, 15) is 9.18 Å². The molecule has 1 aliphatic heterocycles. The minimum absolute atomic E-state index is 0.122. The molecule has 1 fully saturated rings. The Kier molecular flexibility index (Phi) is 6.10. The summed E-state index contributed by atoms with van der Waals surface area (Å²) in [5, 5.41) is 4.76. The highest BCUT2D eigenvalue weighted by Gasteiger charge is 2.29. The second-order valence-electron chi connectivity index (χ2n) is 8.06. The summed E-state index contributed by atoms with van der Waals surface area (Å²) in [6, 6.07) is 23.4. The summed E-state index contributed by atoms with van der Waals surface area (Å²) in [5.41, 5.74) is 3.63. The van der Waals surface area contributed by atoms with E-state index < -0.39 is 0 Å². The number of ether oxygens (including phenoxy) is 2. The summed E-state index contributed by atoms with van der Waals surface area (Å²) in [4.78, 5) is 15.5. The molecule has 0 N–H and O–H groups in total. The van der Waals surface area contributed by atoms with Crippen LogP contribution in [-0.2, 0) is 4.74 Å². The third kappa shape index (κ3) is 4.43. The maximum atomic E-state index is 13.7. The average Bonchev–Trinajstić information content (AvgIpc) is 3.35. The van der Waals surface area contributed by atoms with Crippen LogP contribution in [0.25, 0.3) is 16.9 Å². The number of aromatic nitrogens is 2. The molecule has 1 atom stereocenters. The zero-order valence-corrected chi connectivity index (χ0v) is 18.7. The minimum Gasteiger partial charge on any atom is -0.497 e. The highest BCUT2D eigenvalue weighted by Crippen LogP contribution is 2.29. The maximum absolute atomic E-state index is 13.7. The molecule has 5 rings (SSSR count). The van der Waals surface area contributed by atoms with Crippen LogP contribution >= 0.6 is 0 Å². The van der Waals surface area contributed by atoms with E-state index in [1.165, 1.54) is 12.1 Å². The van der Waals surface area contributed by atoms with Crippen molar-refractivity contribution in [2.45, 2.75) is 6.10 Å². The molecule has 0 radical (unpaired) electrons. The van der Waals surface area contributed by atoms with E-state index >= 15 is 0 Å². The summed E-state index contributed by atoms with van der Waals surface area (Å²) < 4.78 is 26.2. The highest BCUT2D eigenvalue weighted by molar-refractivity contribution is 6.00. The number of benzene rings is 3. The molecule has 1 unspecified atom stereocenters. The standard InChI is InChI=1S/C27H24FN3O3/c1-33-23-13-9-20(10-14-23)26-24(17-31(29-26)22-5-3-2-4-6-22)27(32)30-15-16-34-25(18-30)19-7-11-21(28)12-8-19/h2-14,17,25H,15-16,18H2,1H3. The zero-order valence-electron chi connectivity index (χ0n) is 18.7. The fourth-order valence-electron chi connectivity index (χ4n) is 4.09. The lowest BCUT2D eigenvalue weighted by Gasteiger charge is -2.33. The number of halogens is 1. The summed E-state index contributed by atoms with van der Waals surface area (Å²) in [5.74, 6) is 0.308. The third-order valence-electron chi connectivity index (χ3n) is 5.92. The predicted octanol–water partition coefficient (Wildman–Crippen LogP) is 4.90. The largest absolute Gasteiger partial charge is 0.497 e. The van der Waals surface area contributed by atoms with Crippen molar-refractivity contribution in [2.24, 2.45) is 0 Å². The molecule has 0 spiro atoms. The second-order valence-corrected chi connectivity index (χ2v) is 8.06. The van der Waals surface area contributed by atoms with Crippen molar-refractivity contribution in [1.29, 1.82) is 0 Å². The molecule has 1 amide bonds. The number of amides is 1. The van der Waals surface area contributed by atoms with Gasteiger partial charge in [-0.3, -0.25) is 4.79 Å². The van der Waals surface area contributed by atoms with Gasteiger partial charge in [0.2, 0.25) is 0 Å². The number of hydrogen-bond donors (Lipinski definition) is 0. The van der Waals surface area contributed by atoms with E-state index in [-0.39, 0.29) is 17.8 Å². The molecule has 3 aromatic carbocycles. The number of morpholine rings is 1. The Labute approximate surface area is 197 Å². The molecule has 34 heavy (non-hydrogen) atoms. The second kappa shape index (κ2) is 9.49. The molecular weight excluding hydrogens is 433 g/mol. The molecule has 172 valence electrons. The average molecular weight is 458 g/mol. The van der Waals surface area contributed by atoms with Crippen molar-refractivity contribution in [3.63, 3.8) is 0 Å². The fourth-order valence-corrected chi connectivity index (χ4v) is 4.09. The Bertz CT molecular complexity index is 1270. The molecule has 0 aliphatic carbocycles. The van der Waals surface area contributed by atoms with Crippen molar-refractivity contribution < 1.29 is 18.7 Å². The van der Waals surface area contributed by atoms with Crippen LogP contribution in [0, 0.1) is 5.82 Å². The number of carbonyl (C=O) groups excluding carboxylic acids is 1. The smallest absolute Gasteiger partial charge is 0.257 e. The number of nitrogens with zero attached hydrogens (tertiary/aromatic N) is 3. The molecule has 6 nitrogen and oxygen atoms in total. The molecule has 4 aromatic rings. The Balaban J connectivity index is 1.48. The van der Waals surface area contributed by atoms with Gasteiger partial charge in [0.25, 0.3) is 5.91 Å². The lowest BCUT2D eigenvalue weighted by atomic mass is 10.0. The van der Waals surface area contributed by atoms with E-state index in [0.29, 0.717) is 31.0 Å². The van der Waals surface area contributed by atoms with Gasteiger partial charge in [0.15, 0.2) is 0 Å². The first-order valence-corrected chi connectivity index (χ1v) is 11.1. The number of methoxy groups -OCH3 is 1. The molecule has 7 heteroatoms. The van der Waals surface area contributed by atoms with Gasteiger partial charge >= 0.3 is 0 Å². The van der Waals surface area contributed by atoms with E-state index in [4.69, 9.17) is 14.6 Å². The Morgan fingerprint density at radius 2 is 1.76 bits per heavy atom. The molecule has 0 bridgehead atoms. The van der Waals surface area contributed by atoms with Crippen molar-refractivity contribution in [2.75, 3.05) is 26.8 Å². The van der Waals surface area contributed by atoms with Crippen LogP contribution in [0.3, 0.4) is 0 Å². The van der Waals surface area contributed by atoms with Crippen LogP contribution in [0.4, 0.5) is 4.39 Å². The van der Waals surface area contributed by atoms with E-state index in [0.717, 1.165) is 22.6 Å². The molecular formula is C27H24FN3O3. The molecule has 2 heterocycles. The first kappa shape index (κ1) is 21.9. The Morgan fingerprint density at radius 3 is 2.47 bits per heavy atom. The van der Waals surface area contributed by atoms with Gasteiger partial charge < -0.3 is 14.4 Å². The Hall–Kier alpha value is -3.97. The monoisotopic (exact) mass is 457 g/mol. The van der Waals surface area contributed by atoms with Gasteiger partial charge in [0.05, 0.1) is 31.5 Å². The van der Waals surface area contributed by atoms with E-state index in [1.807, 2.05) is 54.6 Å². The van der Waals surface area contributed by atoms with E-state index in [1.54, 1.807) is 35.0 Å². The van der Waals surface area contributed by atoms with Gasteiger partial charge in [0, 0.05) is 18.3 Å². The first-order chi connectivity index (χ1) is 16.6. The van der Waals surface area contributed by atoms with Crippen LogP contribution in [0.2, 0.25) is 0 Å². The topological polar surface area (TPSA) is 56.6 Å².